The second-order valence-electron chi connectivity index (χ2n) is 6.42. The summed E-state index contributed by atoms with van der Waals surface area (Å²) in [4.78, 5) is 36.8. The van der Waals surface area contributed by atoms with E-state index in [2.05, 4.69) is 10.6 Å². The van der Waals surface area contributed by atoms with Crippen molar-refractivity contribution in [2.45, 2.75) is 18.9 Å². The molecule has 8 nitrogen and oxygen atoms in total. The summed E-state index contributed by atoms with van der Waals surface area (Å²) < 4.78 is 15.2. The van der Waals surface area contributed by atoms with Gasteiger partial charge in [0.15, 0.2) is 0 Å². The molecule has 0 saturated heterocycles. The number of nitrogens with one attached hydrogen (secondary N) is 2. The lowest BCUT2D eigenvalue weighted by molar-refractivity contribution is -0.145. The minimum Gasteiger partial charge on any atom is -0.496 e. The molecule has 0 saturated carbocycles. The third kappa shape index (κ3) is 6.51. The van der Waals surface area contributed by atoms with Crippen molar-refractivity contribution in [3.8, 4) is 11.5 Å². The van der Waals surface area contributed by atoms with Gasteiger partial charge in [-0.3, -0.25) is 9.59 Å². The zero-order valence-electron chi connectivity index (χ0n) is 17.3. The summed E-state index contributed by atoms with van der Waals surface area (Å²) in [5, 5.41) is 5.26. The van der Waals surface area contributed by atoms with Gasteiger partial charge in [-0.05, 0) is 12.1 Å². The highest BCUT2D eigenvalue weighted by Crippen LogP contribution is 2.18. The van der Waals surface area contributed by atoms with Crippen molar-refractivity contribution in [3.63, 3.8) is 0 Å². The second-order valence-corrected chi connectivity index (χ2v) is 6.42. The predicted molar refractivity (Wildman–Crippen MR) is 110 cm³/mol. The van der Waals surface area contributed by atoms with Crippen LogP contribution in [0.3, 0.4) is 0 Å². The van der Waals surface area contributed by atoms with Crippen LogP contribution in [0.1, 0.15) is 11.1 Å². The Balaban J connectivity index is 1.96. The van der Waals surface area contributed by atoms with Crippen molar-refractivity contribution < 1.29 is 28.6 Å². The highest BCUT2D eigenvalue weighted by atomic mass is 16.5. The first-order valence-corrected chi connectivity index (χ1v) is 9.36. The molecule has 2 aromatic carbocycles. The minimum absolute atomic E-state index is 0.0205. The molecule has 0 spiro atoms. The van der Waals surface area contributed by atoms with Gasteiger partial charge < -0.3 is 24.8 Å². The maximum atomic E-state index is 12.4. The van der Waals surface area contributed by atoms with Gasteiger partial charge in [-0.2, -0.15) is 0 Å². The molecule has 0 aromatic heterocycles. The summed E-state index contributed by atoms with van der Waals surface area (Å²) in [5.41, 5.74) is 1.40. The van der Waals surface area contributed by atoms with Gasteiger partial charge >= 0.3 is 5.97 Å². The summed E-state index contributed by atoms with van der Waals surface area (Å²) in [6, 6.07) is 13.3. The molecule has 0 aliphatic carbocycles. The molecule has 2 amide bonds. The SMILES string of the molecule is COC(=O)[C@H](CNC(=O)Cc1ccccc1OC)NC(=O)Cc1ccccc1OC. The smallest absolute Gasteiger partial charge is 0.330 e. The van der Waals surface area contributed by atoms with E-state index in [9.17, 15) is 14.4 Å². The van der Waals surface area contributed by atoms with Crippen molar-refractivity contribution in [2.75, 3.05) is 27.9 Å². The van der Waals surface area contributed by atoms with Crippen LogP contribution in [-0.4, -0.2) is 51.7 Å². The van der Waals surface area contributed by atoms with Crippen LogP contribution in [0.4, 0.5) is 0 Å². The van der Waals surface area contributed by atoms with E-state index in [1.54, 1.807) is 42.5 Å². The number of ether oxygens (including phenoxy) is 3. The number of hydrogen-bond acceptors (Lipinski definition) is 6. The van der Waals surface area contributed by atoms with Crippen LogP contribution in [-0.2, 0) is 32.0 Å². The molecule has 0 unspecified atom stereocenters. The van der Waals surface area contributed by atoms with Gasteiger partial charge in [-0.25, -0.2) is 4.79 Å². The molecule has 0 bridgehead atoms. The van der Waals surface area contributed by atoms with E-state index in [-0.39, 0.29) is 25.3 Å². The zero-order chi connectivity index (χ0) is 21.9. The monoisotopic (exact) mass is 414 g/mol. The summed E-state index contributed by atoms with van der Waals surface area (Å²) in [7, 11) is 4.27. The fourth-order valence-electron chi connectivity index (χ4n) is 2.90. The Kier molecular flexibility index (Phi) is 8.68. The lowest BCUT2D eigenvalue weighted by atomic mass is 10.1. The standard InChI is InChI=1S/C22H26N2O6/c1-28-18-10-6-4-8-15(18)12-20(25)23-14-17(22(27)30-3)24-21(26)13-16-9-5-7-11-19(16)29-2/h4-11,17H,12-14H2,1-3H3,(H,23,25)(H,24,26)/t17-/m0/s1. The predicted octanol–water partition coefficient (Wildman–Crippen LogP) is 1.26. The Morgan fingerprint density at radius 3 is 1.80 bits per heavy atom. The first-order valence-electron chi connectivity index (χ1n) is 9.36. The molecule has 1 atom stereocenters. The Labute approximate surface area is 175 Å². The first-order chi connectivity index (χ1) is 14.5. The number of para-hydroxylation sites is 2. The second kappa shape index (κ2) is 11.5. The first kappa shape index (κ1) is 22.7. The van der Waals surface area contributed by atoms with Crippen molar-refractivity contribution in [1.29, 1.82) is 0 Å². The molecule has 0 heterocycles. The van der Waals surface area contributed by atoms with Gasteiger partial charge in [0.25, 0.3) is 0 Å². The van der Waals surface area contributed by atoms with Crippen LogP contribution in [0.2, 0.25) is 0 Å². The molecule has 0 aliphatic rings. The number of rotatable bonds is 10. The van der Waals surface area contributed by atoms with E-state index in [0.717, 1.165) is 0 Å². The van der Waals surface area contributed by atoms with Crippen molar-refractivity contribution in [3.05, 3.63) is 59.7 Å². The Morgan fingerprint density at radius 2 is 1.30 bits per heavy atom. The highest BCUT2D eigenvalue weighted by Gasteiger charge is 2.23. The minimum atomic E-state index is -1.01. The molecule has 2 N–H and O–H groups in total. The van der Waals surface area contributed by atoms with Crippen LogP contribution >= 0.6 is 0 Å². The molecule has 0 fully saturated rings. The molecular weight excluding hydrogens is 388 g/mol. The third-order valence-electron chi connectivity index (χ3n) is 4.41. The van der Waals surface area contributed by atoms with E-state index in [4.69, 9.17) is 14.2 Å². The number of carbonyl (C=O) groups excluding carboxylic acids is 3. The lowest BCUT2D eigenvalue weighted by Gasteiger charge is -2.18. The van der Waals surface area contributed by atoms with Gasteiger partial charge in [-0.15, -0.1) is 0 Å². The van der Waals surface area contributed by atoms with Gasteiger partial charge in [0.05, 0.1) is 34.2 Å². The van der Waals surface area contributed by atoms with Gasteiger partial charge in [-0.1, -0.05) is 36.4 Å². The van der Waals surface area contributed by atoms with Crippen molar-refractivity contribution >= 4 is 17.8 Å². The quantitative estimate of drug-likeness (QED) is 0.568. The summed E-state index contributed by atoms with van der Waals surface area (Å²) in [6.45, 7) is -0.0989. The van der Waals surface area contributed by atoms with Crippen LogP contribution in [0.5, 0.6) is 11.5 Å². The Bertz CT molecular complexity index is 883. The molecule has 30 heavy (non-hydrogen) atoms. The van der Waals surface area contributed by atoms with Gasteiger partial charge in [0.2, 0.25) is 11.8 Å². The molecule has 2 aromatic rings. The Hall–Kier alpha value is -3.55. The molecular formula is C22H26N2O6. The summed E-state index contributed by atoms with van der Waals surface area (Å²) >= 11 is 0. The zero-order valence-corrected chi connectivity index (χ0v) is 17.3. The molecule has 2 rings (SSSR count). The average molecular weight is 414 g/mol. The summed E-state index contributed by atoms with van der Waals surface area (Å²) in [5.74, 6) is -0.183. The number of carbonyl (C=O) groups is 3. The number of methoxy groups -OCH3 is 3. The maximum absolute atomic E-state index is 12.4. The highest BCUT2D eigenvalue weighted by molar-refractivity contribution is 5.87. The van der Waals surface area contributed by atoms with E-state index in [1.807, 2.05) is 6.07 Å². The number of benzene rings is 2. The fourth-order valence-corrected chi connectivity index (χ4v) is 2.90. The van der Waals surface area contributed by atoms with Gasteiger partial charge in [0.1, 0.15) is 17.5 Å². The Morgan fingerprint density at radius 1 is 0.800 bits per heavy atom. The van der Waals surface area contributed by atoms with Crippen LogP contribution in [0, 0.1) is 0 Å². The fraction of sp³-hybridized carbons (Fsp3) is 0.318. The van der Waals surface area contributed by atoms with Gasteiger partial charge in [0, 0.05) is 17.7 Å². The number of esters is 1. The molecule has 8 heteroatoms. The lowest BCUT2D eigenvalue weighted by Crippen LogP contribution is -2.49. The van der Waals surface area contributed by atoms with Crippen LogP contribution in [0.25, 0.3) is 0 Å². The van der Waals surface area contributed by atoms with Crippen LogP contribution in [0.15, 0.2) is 48.5 Å². The van der Waals surface area contributed by atoms with Crippen molar-refractivity contribution in [1.82, 2.24) is 10.6 Å². The van der Waals surface area contributed by atoms with E-state index >= 15 is 0 Å². The van der Waals surface area contributed by atoms with Crippen LogP contribution < -0.4 is 20.1 Å². The average Bonchev–Trinajstić information content (AvgIpc) is 2.76. The van der Waals surface area contributed by atoms with E-state index in [1.165, 1.54) is 21.3 Å². The maximum Gasteiger partial charge on any atom is 0.330 e. The van der Waals surface area contributed by atoms with E-state index < -0.39 is 17.9 Å². The normalized spacial score (nSPS) is 11.2. The largest absolute Gasteiger partial charge is 0.496 e. The number of amides is 2. The summed E-state index contributed by atoms with van der Waals surface area (Å²) in [6.07, 6.45) is 0.0970. The molecule has 0 radical (unpaired) electrons. The third-order valence-corrected chi connectivity index (χ3v) is 4.41. The number of hydrogen-bond donors (Lipinski definition) is 2. The van der Waals surface area contributed by atoms with E-state index in [0.29, 0.717) is 22.6 Å². The van der Waals surface area contributed by atoms with Crippen molar-refractivity contribution in [2.24, 2.45) is 0 Å². The molecule has 0 aliphatic heterocycles. The molecule has 160 valence electrons. The topological polar surface area (TPSA) is 103 Å².